The third kappa shape index (κ3) is 3.18. The third-order valence-corrected chi connectivity index (χ3v) is 4.39. The van der Waals surface area contributed by atoms with Crippen LogP contribution in [0.15, 0.2) is 24.3 Å². The van der Waals surface area contributed by atoms with E-state index >= 15 is 0 Å². The fourth-order valence-corrected chi connectivity index (χ4v) is 2.01. The van der Waals surface area contributed by atoms with Gasteiger partial charge in [0.15, 0.2) is 0 Å². The largest absolute Gasteiger partial charge is 0.299 e. The van der Waals surface area contributed by atoms with E-state index in [4.69, 9.17) is 0 Å². The summed E-state index contributed by atoms with van der Waals surface area (Å²) >= 11 is 3.44. The molecule has 0 N–H and O–H groups in total. The van der Waals surface area contributed by atoms with Gasteiger partial charge in [0.25, 0.3) is 0 Å². The van der Waals surface area contributed by atoms with Gasteiger partial charge >= 0.3 is 0 Å². The van der Waals surface area contributed by atoms with Crippen LogP contribution in [0.2, 0.25) is 0 Å². The zero-order valence-corrected chi connectivity index (χ0v) is 11.9. The van der Waals surface area contributed by atoms with Crippen molar-refractivity contribution in [3.63, 3.8) is 0 Å². The van der Waals surface area contributed by atoms with Crippen molar-refractivity contribution in [1.82, 2.24) is 0 Å². The maximum Gasteiger partial charge on any atom is 0.144 e. The fourth-order valence-electron chi connectivity index (χ4n) is 1.71. The summed E-state index contributed by atoms with van der Waals surface area (Å²) in [5.41, 5.74) is 2.55. The van der Waals surface area contributed by atoms with Crippen LogP contribution in [0, 0.1) is 0 Å². The van der Waals surface area contributed by atoms with Crippen molar-refractivity contribution >= 4 is 21.7 Å². The summed E-state index contributed by atoms with van der Waals surface area (Å²) in [6.45, 7) is 8.06. The number of ketones is 1. The molecule has 0 saturated heterocycles. The molecule has 0 heterocycles. The number of Topliss-reactive ketones (excluding diaryl/α,β-unsaturated/α-hetero) is 1. The summed E-state index contributed by atoms with van der Waals surface area (Å²) in [7, 11) is 0. The lowest BCUT2D eigenvalue weighted by molar-refractivity contribution is -0.116. The maximum absolute atomic E-state index is 11.3. The Hall–Kier alpha value is -0.630. The Labute approximate surface area is 106 Å². The summed E-state index contributed by atoms with van der Waals surface area (Å²) < 4.78 is 0. The van der Waals surface area contributed by atoms with E-state index in [-0.39, 0.29) is 16.5 Å². The van der Waals surface area contributed by atoms with Crippen molar-refractivity contribution < 1.29 is 4.79 Å². The van der Waals surface area contributed by atoms with E-state index < -0.39 is 0 Å². The second kappa shape index (κ2) is 5.62. The molecule has 0 saturated carbocycles. The standard InChI is InChI=1S/C14H19BrO/c1-9(2)12-5-7-13(8-6-12)10(3)14(15)11(4)16/h5-10,14H,1-4H3. The Bertz CT molecular complexity index is 354. The Morgan fingerprint density at radius 2 is 1.50 bits per heavy atom. The number of hydrogen-bond acceptors (Lipinski definition) is 1. The van der Waals surface area contributed by atoms with E-state index in [1.807, 2.05) is 0 Å². The molecule has 0 radical (unpaired) electrons. The van der Waals surface area contributed by atoms with Crippen LogP contribution in [0.5, 0.6) is 0 Å². The van der Waals surface area contributed by atoms with Gasteiger partial charge in [-0.2, -0.15) is 0 Å². The maximum atomic E-state index is 11.3. The van der Waals surface area contributed by atoms with Gasteiger partial charge in [0.05, 0.1) is 4.83 Å². The van der Waals surface area contributed by atoms with Crippen LogP contribution in [-0.2, 0) is 4.79 Å². The van der Waals surface area contributed by atoms with Gasteiger partial charge in [-0.25, -0.2) is 0 Å². The topological polar surface area (TPSA) is 17.1 Å². The normalized spacial score (nSPS) is 14.9. The molecular weight excluding hydrogens is 264 g/mol. The first-order valence-electron chi connectivity index (χ1n) is 5.68. The highest BCUT2D eigenvalue weighted by atomic mass is 79.9. The average molecular weight is 283 g/mol. The first kappa shape index (κ1) is 13.4. The molecule has 1 aromatic carbocycles. The van der Waals surface area contributed by atoms with Crippen LogP contribution >= 0.6 is 15.9 Å². The number of halogens is 1. The number of carbonyl (C=O) groups is 1. The van der Waals surface area contributed by atoms with Gasteiger partial charge < -0.3 is 0 Å². The van der Waals surface area contributed by atoms with E-state index in [2.05, 4.69) is 61.0 Å². The van der Waals surface area contributed by atoms with Crippen molar-refractivity contribution in [2.45, 2.75) is 44.4 Å². The van der Waals surface area contributed by atoms with Crippen molar-refractivity contribution in [3.8, 4) is 0 Å². The van der Waals surface area contributed by atoms with Gasteiger partial charge in [0.1, 0.15) is 5.78 Å². The van der Waals surface area contributed by atoms with E-state index in [1.165, 1.54) is 11.1 Å². The lowest BCUT2D eigenvalue weighted by Gasteiger charge is -2.17. The molecule has 0 aromatic heterocycles. The predicted octanol–water partition coefficient (Wildman–Crippen LogP) is 4.27. The minimum Gasteiger partial charge on any atom is -0.299 e. The van der Waals surface area contributed by atoms with E-state index in [1.54, 1.807) is 6.92 Å². The Kier molecular flexibility index (Phi) is 4.72. The molecule has 88 valence electrons. The third-order valence-electron chi connectivity index (χ3n) is 2.96. The van der Waals surface area contributed by atoms with Gasteiger partial charge in [0, 0.05) is 5.92 Å². The fraction of sp³-hybridized carbons (Fsp3) is 0.500. The van der Waals surface area contributed by atoms with Gasteiger partial charge in [-0.1, -0.05) is 61.0 Å². The summed E-state index contributed by atoms with van der Waals surface area (Å²) in [6.07, 6.45) is 0. The van der Waals surface area contributed by atoms with Crippen molar-refractivity contribution in [1.29, 1.82) is 0 Å². The molecule has 2 unspecified atom stereocenters. The van der Waals surface area contributed by atoms with E-state index in [9.17, 15) is 4.79 Å². The van der Waals surface area contributed by atoms with E-state index in [0.717, 1.165) is 0 Å². The van der Waals surface area contributed by atoms with Crippen molar-refractivity contribution in [3.05, 3.63) is 35.4 Å². The molecule has 0 fully saturated rings. The van der Waals surface area contributed by atoms with Crippen LogP contribution in [0.25, 0.3) is 0 Å². The number of hydrogen-bond donors (Lipinski definition) is 0. The monoisotopic (exact) mass is 282 g/mol. The average Bonchev–Trinajstić information content (AvgIpc) is 2.27. The molecule has 2 atom stereocenters. The lowest BCUT2D eigenvalue weighted by atomic mass is 9.93. The van der Waals surface area contributed by atoms with Crippen molar-refractivity contribution in [2.75, 3.05) is 0 Å². The quantitative estimate of drug-likeness (QED) is 0.754. The molecule has 0 aliphatic carbocycles. The van der Waals surface area contributed by atoms with Crippen LogP contribution < -0.4 is 0 Å². The van der Waals surface area contributed by atoms with Gasteiger partial charge in [-0.3, -0.25) is 4.79 Å². The molecule has 0 amide bonds. The SMILES string of the molecule is CC(=O)C(Br)C(C)c1ccc(C(C)C)cc1. The summed E-state index contributed by atoms with van der Waals surface area (Å²) in [6, 6.07) is 8.54. The Morgan fingerprint density at radius 1 is 1.06 bits per heavy atom. The lowest BCUT2D eigenvalue weighted by Crippen LogP contribution is -2.17. The molecule has 2 heteroatoms. The summed E-state index contributed by atoms with van der Waals surface area (Å²) in [5, 5.41) is 0. The van der Waals surface area contributed by atoms with Crippen LogP contribution in [0.3, 0.4) is 0 Å². The molecular formula is C14H19BrO. The Morgan fingerprint density at radius 3 is 1.88 bits per heavy atom. The highest BCUT2D eigenvalue weighted by Gasteiger charge is 2.19. The molecule has 0 aliphatic rings. The second-order valence-corrected chi connectivity index (χ2v) is 5.61. The molecule has 1 nitrogen and oxygen atoms in total. The zero-order valence-electron chi connectivity index (χ0n) is 10.3. The van der Waals surface area contributed by atoms with Crippen LogP contribution in [0.4, 0.5) is 0 Å². The molecule has 0 spiro atoms. The molecule has 0 aliphatic heterocycles. The summed E-state index contributed by atoms with van der Waals surface area (Å²) in [5.74, 6) is 0.955. The number of rotatable bonds is 4. The highest BCUT2D eigenvalue weighted by Crippen LogP contribution is 2.26. The molecule has 1 rings (SSSR count). The molecule has 1 aromatic rings. The smallest absolute Gasteiger partial charge is 0.144 e. The van der Waals surface area contributed by atoms with E-state index in [0.29, 0.717) is 5.92 Å². The number of carbonyl (C=O) groups excluding carboxylic acids is 1. The molecule has 16 heavy (non-hydrogen) atoms. The van der Waals surface area contributed by atoms with Gasteiger partial charge in [0.2, 0.25) is 0 Å². The predicted molar refractivity (Wildman–Crippen MR) is 72.3 cm³/mol. The van der Waals surface area contributed by atoms with Crippen LogP contribution in [-0.4, -0.2) is 10.6 Å². The molecule has 0 bridgehead atoms. The first-order valence-corrected chi connectivity index (χ1v) is 6.59. The minimum absolute atomic E-state index is 0.0857. The van der Waals surface area contributed by atoms with Crippen LogP contribution in [0.1, 0.15) is 50.7 Å². The van der Waals surface area contributed by atoms with Gasteiger partial charge in [-0.05, 0) is 24.0 Å². The minimum atomic E-state index is -0.0857. The number of benzene rings is 1. The zero-order chi connectivity index (χ0) is 12.3. The highest BCUT2D eigenvalue weighted by molar-refractivity contribution is 9.10. The second-order valence-electron chi connectivity index (χ2n) is 4.62. The van der Waals surface area contributed by atoms with Crippen molar-refractivity contribution in [2.24, 2.45) is 0 Å². The van der Waals surface area contributed by atoms with Gasteiger partial charge in [-0.15, -0.1) is 0 Å². The summed E-state index contributed by atoms with van der Waals surface area (Å²) in [4.78, 5) is 11.2. The Balaban J connectivity index is 2.85. The number of alkyl halides is 1. The first-order chi connectivity index (χ1) is 7.43.